The molecule has 0 radical (unpaired) electrons. The number of amides is 1. The molecule has 6 nitrogen and oxygen atoms in total. The topological polar surface area (TPSA) is 79.4 Å². The van der Waals surface area contributed by atoms with E-state index in [4.69, 9.17) is 4.74 Å². The van der Waals surface area contributed by atoms with Crippen LogP contribution in [0.2, 0.25) is 0 Å². The SMILES string of the molecule is COc1ccc(Br)cc1/C=N/NC(=O)CSc1nc2ccccc2[nH]1. The molecule has 0 aliphatic heterocycles. The van der Waals surface area contributed by atoms with Crippen molar-refractivity contribution in [2.45, 2.75) is 5.16 Å². The Morgan fingerprint density at radius 1 is 1.40 bits per heavy atom. The molecule has 0 spiro atoms. The van der Waals surface area contributed by atoms with E-state index in [9.17, 15) is 4.79 Å². The molecule has 2 N–H and O–H groups in total. The second-order valence-corrected chi connectivity index (χ2v) is 6.91. The fourth-order valence-electron chi connectivity index (χ4n) is 2.14. The van der Waals surface area contributed by atoms with Crippen LogP contribution in [-0.4, -0.2) is 35.0 Å². The number of hydrogen-bond donors (Lipinski definition) is 2. The van der Waals surface area contributed by atoms with Gasteiger partial charge in [-0.15, -0.1) is 0 Å². The van der Waals surface area contributed by atoms with Gasteiger partial charge in [-0.3, -0.25) is 4.79 Å². The van der Waals surface area contributed by atoms with Crippen molar-refractivity contribution in [3.8, 4) is 5.75 Å². The van der Waals surface area contributed by atoms with Gasteiger partial charge in [0.05, 0.1) is 30.1 Å². The number of hydrogen-bond acceptors (Lipinski definition) is 5. The highest BCUT2D eigenvalue weighted by atomic mass is 79.9. The second-order valence-electron chi connectivity index (χ2n) is 5.03. The number of hydrazone groups is 1. The van der Waals surface area contributed by atoms with Crippen molar-refractivity contribution in [2.24, 2.45) is 5.10 Å². The van der Waals surface area contributed by atoms with Crippen LogP contribution in [0.25, 0.3) is 11.0 Å². The summed E-state index contributed by atoms with van der Waals surface area (Å²) in [6.07, 6.45) is 1.55. The summed E-state index contributed by atoms with van der Waals surface area (Å²) < 4.78 is 6.15. The molecule has 1 aromatic heterocycles. The van der Waals surface area contributed by atoms with Gasteiger partial charge in [0.25, 0.3) is 5.91 Å². The highest BCUT2D eigenvalue weighted by Gasteiger charge is 2.06. The number of para-hydroxylation sites is 2. The maximum absolute atomic E-state index is 11.9. The Hall–Kier alpha value is -2.32. The van der Waals surface area contributed by atoms with Gasteiger partial charge in [0.15, 0.2) is 5.16 Å². The number of benzene rings is 2. The fourth-order valence-corrected chi connectivity index (χ4v) is 3.20. The molecule has 128 valence electrons. The molecule has 0 atom stereocenters. The van der Waals surface area contributed by atoms with E-state index in [1.807, 2.05) is 42.5 Å². The third-order valence-electron chi connectivity index (χ3n) is 3.29. The number of carbonyl (C=O) groups excluding carboxylic acids is 1. The van der Waals surface area contributed by atoms with Gasteiger partial charge < -0.3 is 9.72 Å². The Balaban J connectivity index is 1.55. The van der Waals surface area contributed by atoms with E-state index in [0.717, 1.165) is 21.1 Å². The minimum Gasteiger partial charge on any atom is -0.496 e. The molecular formula is C17H15BrN4O2S. The van der Waals surface area contributed by atoms with Gasteiger partial charge >= 0.3 is 0 Å². The van der Waals surface area contributed by atoms with Crippen LogP contribution in [0.3, 0.4) is 0 Å². The van der Waals surface area contributed by atoms with Crippen LogP contribution in [0, 0.1) is 0 Å². The van der Waals surface area contributed by atoms with Crippen molar-refractivity contribution in [1.29, 1.82) is 0 Å². The maximum Gasteiger partial charge on any atom is 0.250 e. The molecule has 0 fully saturated rings. The van der Waals surface area contributed by atoms with Crippen LogP contribution in [-0.2, 0) is 4.79 Å². The summed E-state index contributed by atoms with van der Waals surface area (Å²) in [4.78, 5) is 19.5. The first-order chi connectivity index (χ1) is 12.2. The first kappa shape index (κ1) is 17.5. The number of ether oxygens (including phenoxy) is 1. The lowest BCUT2D eigenvalue weighted by molar-refractivity contribution is -0.118. The monoisotopic (exact) mass is 418 g/mol. The third kappa shape index (κ3) is 4.61. The molecule has 0 aliphatic carbocycles. The summed E-state index contributed by atoms with van der Waals surface area (Å²) in [5.41, 5.74) is 5.10. The standard InChI is InChI=1S/C17H15BrN4O2S/c1-24-15-7-6-12(18)8-11(15)9-19-22-16(23)10-25-17-20-13-4-2-3-5-14(13)21-17/h2-9H,10H2,1H3,(H,20,21)(H,22,23)/b19-9+. The number of nitrogens with zero attached hydrogens (tertiary/aromatic N) is 2. The molecule has 1 amide bonds. The lowest BCUT2D eigenvalue weighted by atomic mass is 10.2. The predicted octanol–water partition coefficient (Wildman–Crippen LogP) is 3.58. The summed E-state index contributed by atoms with van der Waals surface area (Å²) in [5.74, 6) is 0.681. The molecule has 8 heteroatoms. The first-order valence-corrected chi connectivity index (χ1v) is 9.16. The van der Waals surface area contributed by atoms with E-state index >= 15 is 0 Å². The maximum atomic E-state index is 11.9. The van der Waals surface area contributed by atoms with Gasteiger partial charge in [0.1, 0.15) is 5.75 Å². The Morgan fingerprint density at radius 2 is 2.24 bits per heavy atom. The van der Waals surface area contributed by atoms with Crippen molar-refractivity contribution < 1.29 is 9.53 Å². The minimum atomic E-state index is -0.212. The van der Waals surface area contributed by atoms with E-state index in [-0.39, 0.29) is 11.7 Å². The van der Waals surface area contributed by atoms with Gasteiger partial charge in [-0.05, 0) is 30.3 Å². The summed E-state index contributed by atoms with van der Waals surface area (Å²) >= 11 is 4.72. The van der Waals surface area contributed by atoms with E-state index in [0.29, 0.717) is 10.9 Å². The number of nitrogens with one attached hydrogen (secondary N) is 2. The predicted molar refractivity (Wildman–Crippen MR) is 103 cm³/mol. The van der Waals surface area contributed by atoms with Crippen molar-refractivity contribution in [3.05, 3.63) is 52.5 Å². The number of methoxy groups -OCH3 is 1. The number of halogens is 1. The van der Waals surface area contributed by atoms with Gasteiger partial charge in [-0.25, -0.2) is 10.4 Å². The second kappa shape index (κ2) is 8.17. The van der Waals surface area contributed by atoms with Crippen LogP contribution in [0.1, 0.15) is 5.56 Å². The average molecular weight is 419 g/mol. The zero-order valence-corrected chi connectivity index (χ0v) is 15.7. The molecule has 0 aliphatic rings. The Morgan fingerprint density at radius 3 is 3.04 bits per heavy atom. The number of aromatic nitrogens is 2. The number of aromatic amines is 1. The molecular weight excluding hydrogens is 404 g/mol. The lowest BCUT2D eigenvalue weighted by Gasteiger charge is -2.04. The summed E-state index contributed by atoms with van der Waals surface area (Å²) in [5, 5.41) is 4.68. The molecule has 0 saturated carbocycles. The fraction of sp³-hybridized carbons (Fsp3) is 0.118. The van der Waals surface area contributed by atoms with E-state index in [1.165, 1.54) is 11.8 Å². The quantitative estimate of drug-likeness (QED) is 0.364. The van der Waals surface area contributed by atoms with Gasteiger partial charge in [0, 0.05) is 10.0 Å². The molecule has 1 heterocycles. The number of imidazole rings is 1. The van der Waals surface area contributed by atoms with Crippen LogP contribution in [0.5, 0.6) is 5.75 Å². The first-order valence-electron chi connectivity index (χ1n) is 7.38. The van der Waals surface area contributed by atoms with E-state index in [1.54, 1.807) is 13.3 Å². The lowest BCUT2D eigenvalue weighted by Crippen LogP contribution is -2.19. The van der Waals surface area contributed by atoms with Gasteiger partial charge in [-0.1, -0.05) is 39.8 Å². The number of thioether (sulfide) groups is 1. The minimum absolute atomic E-state index is 0.212. The van der Waals surface area contributed by atoms with Crippen molar-refractivity contribution in [2.75, 3.05) is 12.9 Å². The molecule has 0 saturated heterocycles. The zero-order chi connectivity index (χ0) is 17.6. The molecule has 3 aromatic rings. The number of carbonyl (C=O) groups is 1. The van der Waals surface area contributed by atoms with Crippen molar-refractivity contribution in [1.82, 2.24) is 15.4 Å². The Bertz CT molecular complexity index is 893. The average Bonchev–Trinajstić information content (AvgIpc) is 3.03. The van der Waals surface area contributed by atoms with Crippen LogP contribution in [0.4, 0.5) is 0 Å². The van der Waals surface area contributed by atoms with Crippen molar-refractivity contribution >= 4 is 50.8 Å². The summed E-state index contributed by atoms with van der Waals surface area (Å²) in [7, 11) is 1.59. The third-order valence-corrected chi connectivity index (χ3v) is 4.66. The number of H-pyrrole nitrogens is 1. The summed E-state index contributed by atoms with van der Waals surface area (Å²) in [6.45, 7) is 0. The highest BCUT2D eigenvalue weighted by molar-refractivity contribution is 9.10. The molecule has 0 bridgehead atoms. The van der Waals surface area contributed by atoms with E-state index < -0.39 is 0 Å². The van der Waals surface area contributed by atoms with Crippen LogP contribution < -0.4 is 10.2 Å². The van der Waals surface area contributed by atoms with Crippen LogP contribution >= 0.6 is 27.7 Å². The Kier molecular flexibility index (Phi) is 5.72. The number of rotatable bonds is 6. The number of fused-ring (bicyclic) bond motifs is 1. The smallest absolute Gasteiger partial charge is 0.250 e. The molecule has 25 heavy (non-hydrogen) atoms. The van der Waals surface area contributed by atoms with E-state index in [2.05, 4.69) is 36.4 Å². The molecule has 2 aromatic carbocycles. The largest absolute Gasteiger partial charge is 0.496 e. The molecule has 0 unspecified atom stereocenters. The highest BCUT2D eigenvalue weighted by Crippen LogP contribution is 2.21. The molecule has 3 rings (SSSR count). The van der Waals surface area contributed by atoms with Crippen LogP contribution in [0.15, 0.2) is 57.2 Å². The van der Waals surface area contributed by atoms with Crippen molar-refractivity contribution in [3.63, 3.8) is 0 Å². The Labute approximate surface area is 157 Å². The summed E-state index contributed by atoms with van der Waals surface area (Å²) in [6, 6.07) is 13.3. The normalized spacial score (nSPS) is 11.1. The van der Waals surface area contributed by atoms with Gasteiger partial charge in [0.2, 0.25) is 0 Å². The van der Waals surface area contributed by atoms with Gasteiger partial charge in [-0.2, -0.15) is 5.10 Å². The zero-order valence-electron chi connectivity index (χ0n) is 13.3.